The summed E-state index contributed by atoms with van der Waals surface area (Å²) in [7, 11) is 0. The second-order valence-electron chi connectivity index (χ2n) is 5.43. The lowest BCUT2D eigenvalue weighted by atomic mass is 10.1. The summed E-state index contributed by atoms with van der Waals surface area (Å²) in [5.74, 6) is 2.19. The smallest absolute Gasteiger partial charge is 0.317 e. The minimum atomic E-state index is 0.0479. The van der Waals surface area contributed by atoms with Gasteiger partial charge in [0.2, 0.25) is 0 Å². The predicted molar refractivity (Wildman–Crippen MR) is 92.1 cm³/mol. The molecule has 2 amide bonds. The van der Waals surface area contributed by atoms with Crippen molar-refractivity contribution in [3.8, 4) is 0 Å². The quantitative estimate of drug-likeness (QED) is 0.817. The lowest BCUT2D eigenvalue weighted by Crippen LogP contribution is -2.40. The SMILES string of the molecule is CCCOCc1ccccc1CNC(=O)N1CCCSCC1. The molecule has 0 unspecified atom stereocenters. The van der Waals surface area contributed by atoms with E-state index in [9.17, 15) is 4.79 Å². The molecule has 2 rings (SSSR count). The van der Waals surface area contributed by atoms with Crippen LogP contribution in [0.1, 0.15) is 30.9 Å². The predicted octanol–water partition coefficient (Wildman–Crippen LogP) is 3.26. The third-order valence-electron chi connectivity index (χ3n) is 3.66. The van der Waals surface area contributed by atoms with E-state index in [2.05, 4.69) is 24.4 Å². The van der Waals surface area contributed by atoms with Crippen LogP contribution in [0.25, 0.3) is 0 Å². The van der Waals surface area contributed by atoms with Crippen LogP contribution in [0.2, 0.25) is 0 Å². The van der Waals surface area contributed by atoms with Gasteiger partial charge in [-0.1, -0.05) is 31.2 Å². The van der Waals surface area contributed by atoms with E-state index in [0.29, 0.717) is 13.2 Å². The molecule has 0 radical (unpaired) electrons. The third kappa shape index (κ3) is 5.54. The lowest BCUT2D eigenvalue weighted by Gasteiger charge is -2.21. The molecule has 1 saturated heterocycles. The Morgan fingerprint density at radius 1 is 1.27 bits per heavy atom. The van der Waals surface area contributed by atoms with Crippen molar-refractivity contribution in [2.24, 2.45) is 0 Å². The van der Waals surface area contributed by atoms with Crippen molar-refractivity contribution in [2.75, 3.05) is 31.2 Å². The molecule has 0 bridgehead atoms. The molecule has 1 heterocycles. The van der Waals surface area contributed by atoms with Crippen molar-refractivity contribution in [2.45, 2.75) is 32.9 Å². The molecule has 1 N–H and O–H groups in total. The van der Waals surface area contributed by atoms with Crippen LogP contribution >= 0.6 is 11.8 Å². The number of carbonyl (C=O) groups excluding carboxylic acids is 1. The van der Waals surface area contributed by atoms with Crippen LogP contribution in [0.4, 0.5) is 4.79 Å². The van der Waals surface area contributed by atoms with Crippen molar-refractivity contribution < 1.29 is 9.53 Å². The summed E-state index contributed by atoms with van der Waals surface area (Å²) in [6, 6.07) is 8.20. The van der Waals surface area contributed by atoms with Crippen LogP contribution in [-0.4, -0.2) is 42.1 Å². The van der Waals surface area contributed by atoms with Gasteiger partial charge in [0.05, 0.1) is 6.61 Å². The number of rotatable bonds is 6. The molecule has 1 aromatic rings. The number of hydrogen-bond acceptors (Lipinski definition) is 3. The van der Waals surface area contributed by atoms with Gasteiger partial charge in [-0.15, -0.1) is 0 Å². The Morgan fingerprint density at radius 3 is 2.91 bits per heavy atom. The fourth-order valence-electron chi connectivity index (χ4n) is 2.43. The average Bonchev–Trinajstić information content (AvgIpc) is 2.83. The van der Waals surface area contributed by atoms with Crippen LogP contribution in [0.15, 0.2) is 24.3 Å². The van der Waals surface area contributed by atoms with Crippen molar-refractivity contribution in [3.05, 3.63) is 35.4 Å². The van der Waals surface area contributed by atoms with Crippen LogP contribution in [0, 0.1) is 0 Å². The first-order valence-corrected chi connectivity index (χ1v) is 9.21. The van der Waals surface area contributed by atoms with E-state index in [1.165, 1.54) is 0 Å². The Hall–Kier alpha value is -1.20. The maximum absolute atomic E-state index is 12.3. The molecule has 1 fully saturated rings. The van der Waals surface area contributed by atoms with Crippen LogP contribution in [0.5, 0.6) is 0 Å². The van der Waals surface area contributed by atoms with Crippen LogP contribution < -0.4 is 5.32 Å². The van der Waals surface area contributed by atoms with Gasteiger partial charge >= 0.3 is 6.03 Å². The van der Waals surface area contributed by atoms with E-state index in [4.69, 9.17) is 4.74 Å². The van der Waals surface area contributed by atoms with E-state index in [-0.39, 0.29) is 6.03 Å². The fourth-order valence-corrected chi connectivity index (χ4v) is 3.32. The number of hydrogen-bond donors (Lipinski definition) is 1. The van der Waals surface area contributed by atoms with E-state index >= 15 is 0 Å². The summed E-state index contributed by atoms with van der Waals surface area (Å²) in [5, 5.41) is 3.05. The number of nitrogens with zero attached hydrogens (tertiary/aromatic N) is 1. The monoisotopic (exact) mass is 322 g/mol. The third-order valence-corrected chi connectivity index (χ3v) is 4.71. The number of benzene rings is 1. The number of amides is 2. The van der Waals surface area contributed by atoms with Crippen molar-refractivity contribution in [1.29, 1.82) is 0 Å². The molecule has 0 aromatic heterocycles. The Kier molecular flexibility index (Phi) is 7.60. The van der Waals surface area contributed by atoms with Gasteiger partial charge in [0.1, 0.15) is 0 Å². The molecule has 0 saturated carbocycles. The molecular formula is C17H26N2O2S. The van der Waals surface area contributed by atoms with Crippen molar-refractivity contribution >= 4 is 17.8 Å². The summed E-state index contributed by atoms with van der Waals surface area (Å²) >= 11 is 1.93. The molecule has 0 aliphatic carbocycles. The van der Waals surface area contributed by atoms with E-state index in [0.717, 1.165) is 55.2 Å². The first-order valence-electron chi connectivity index (χ1n) is 8.06. The van der Waals surface area contributed by atoms with Gasteiger partial charge in [-0.25, -0.2) is 4.79 Å². The fraction of sp³-hybridized carbons (Fsp3) is 0.588. The summed E-state index contributed by atoms with van der Waals surface area (Å²) < 4.78 is 5.62. The zero-order valence-corrected chi connectivity index (χ0v) is 14.2. The summed E-state index contributed by atoms with van der Waals surface area (Å²) in [5.41, 5.74) is 2.29. The Morgan fingerprint density at radius 2 is 2.09 bits per heavy atom. The highest BCUT2D eigenvalue weighted by Gasteiger charge is 2.15. The summed E-state index contributed by atoms with van der Waals surface area (Å²) in [4.78, 5) is 14.2. The van der Waals surface area contributed by atoms with Crippen LogP contribution in [-0.2, 0) is 17.9 Å². The largest absolute Gasteiger partial charge is 0.377 e. The molecule has 1 aromatic carbocycles. The number of thioether (sulfide) groups is 1. The molecule has 122 valence electrons. The van der Waals surface area contributed by atoms with Gasteiger partial charge in [0.15, 0.2) is 0 Å². The molecule has 22 heavy (non-hydrogen) atoms. The Labute approximate surface area is 137 Å². The maximum Gasteiger partial charge on any atom is 0.317 e. The van der Waals surface area contributed by atoms with Gasteiger partial charge in [-0.3, -0.25) is 0 Å². The van der Waals surface area contributed by atoms with Gasteiger partial charge in [-0.2, -0.15) is 11.8 Å². The van der Waals surface area contributed by atoms with Gasteiger partial charge in [-0.05, 0) is 29.7 Å². The molecule has 5 heteroatoms. The number of carbonyl (C=O) groups is 1. The van der Waals surface area contributed by atoms with E-state index in [1.807, 2.05) is 28.8 Å². The normalized spacial score (nSPS) is 15.4. The zero-order chi connectivity index (χ0) is 15.6. The Balaban J connectivity index is 1.86. The maximum atomic E-state index is 12.3. The second-order valence-corrected chi connectivity index (χ2v) is 6.66. The van der Waals surface area contributed by atoms with Gasteiger partial charge in [0.25, 0.3) is 0 Å². The molecule has 0 spiro atoms. The Bertz CT molecular complexity index is 460. The average molecular weight is 322 g/mol. The minimum absolute atomic E-state index is 0.0479. The summed E-state index contributed by atoms with van der Waals surface area (Å²) in [6.45, 7) is 5.75. The summed E-state index contributed by atoms with van der Waals surface area (Å²) in [6.07, 6.45) is 2.10. The standard InChI is InChI=1S/C17H26N2O2S/c1-2-10-21-14-16-7-4-3-6-15(16)13-18-17(20)19-8-5-11-22-12-9-19/h3-4,6-7H,2,5,8-14H2,1H3,(H,18,20). The van der Waals surface area contributed by atoms with E-state index in [1.54, 1.807) is 0 Å². The first-order chi connectivity index (χ1) is 10.8. The van der Waals surface area contributed by atoms with E-state index < -0.39 is 0 Å². The number of urea groups is 1. The lowest BCUT2D eigenvalue weighted by molar-refractivity contribution is 0.121. The molecule has 0 atom stereocenters. The minimum Gasteiger partial charge on any atom is -0.377 e. The first kappa shape index (κ1) is 17.2. The zero-order valence-electron chi connectivity index (χ0n) is 13.3. The van der Waals surface area contributed by atoms with Crippen molar-refractivity contribution in [3.63, 3.8) is 0 Å². The molecular weight excluding hydrogens is 296 g/mol. The topological polar surface area (TPSA) is 41.6 Å². The highest BCUT2D eigenvalue weighted by molar-refractivity contribution is 7.99. The highest BCUT2D eigenvalue weighted by Crippen LogP contribution is 2.12. The highest BCUT2D eigenvalue weighted by atomic mass is 32.2. The second kappa shape index (κ2) is 9.74. The molecule has 1 aliphatic rings. The molecule has 4 nitrogen and oxygen atoms in total. The number of ether oxygens (including phenoxy) is 1. The van der Waals surface area contributed by atoms with Crippen molar-refractivity contribution in [1.82, 2.24) is 10.2 Å². The van der Waals surface area contributed by atoms with Crippen LogP contribution in [0.3, 0.4) is 0 Å². The molecule has 1 aliphatic heterocycles. The van der Waals surface area contributed by atoms with Gasteiger partial charge in [0, 0.05) is 32.0 Å². The number of nitrogens with one attached hydrogen (secondary N) is 1. The van der Waals surface area contributed by atoms with Gasteiger partial charge < -0.3 is 15.0 Å².